The summed E-state index contributed by atoms with van der Waals surface area (Å²) in [6.45, 7) is 1.20. The molecule has 0 unspecified atom stereocenters. The maximum atomic E-state index is 9.45. The predicted octanol–water partition coefficient (Wildman–Crippen LogP) is -0.929. The molecule has 7 heavy (non-hydrogen) atoms. The summed E-state index contributed by atoms with van der Waals surface area (Å²) in [4.78, 5) is 9.45. The molecule has 0 aliphatic rings. The quantitative estimate of drug-likeness (QED) is 0.451. The molecule has 0 heterocycles. The molecule has 2 radical (unpaired) electrons. The van der Waals surface area contributed by atoms with Gasteiger partial charge in [0.05, 0.1) is 0 Å². The molecule has 0 aromatic carbocycles. The van der Waals surface area contributed by atoms with Crippen molar-refractivity contribution in [2.45, 2.75) is 13.0 Å². The Morgan fingerprint density at radius 2 is 1.86 bits per heavy atom. The Labute approximate surface area is 71.3 Å². The molecule has 1 atom stereocenters. The average molecular weight is 130 g/mol. The fourth-order valence-corrected chi connectivity index (χ4v) is 0. The molecule has 38 valence electrons. The standard InChI is InChI=1S/C3H6O3.Ca/c1-2(4)3(5)6;/h2,4H,1H3,(H,5,6);/t2-;/m1./s1. The van der Waals surface area contributed by atoms with Gasteiger partial charge in [0.15, 0.2) is 0 Å². The first-order valence-corrected chi connectivity index (χ1v) is 1.55. The van der Waals surface area contributed by atoms with Gasteiger partial charge >= 0.3 is 5.97 Å². The van der Waals surface area contributed by atoms with Gasteiger partial charge in [0, 0.05) is 37.7 Å². The normalized spacial score (nSPS) is 11.7. The molecule has 2 N–H and O–H groups in total. The van der Waals surface area contributed by atoms with Crippen LogP contribution in [0.2, 0.25) is 0 Å². The fraction of sp³-hybridized carbons (Fsp3) is 0.667. The van der Waals surface area contributed by atoms with Gasteiger partial charge in [-0.3, -0.25) is 0 Å². The van der Waals surface area contributed by atoms with Gasteiger partial charge in [0.25, 0.3) is 0 Å². The number of carbonyl (C=O) groups is 1. The van der Waals surface area contributed by atoms with E-state index in [2.05, 4.69) is 0 Å². The minimum atomic E-state index is -1.23. The minimum absolute atomic E-state index is 0. The minimum Gasteiger partial charge on any atom is -0.479 e. The van der Waals surface area contributed by atoms with E-state index in [1.165, 1.54) is 6.92 Å². The van der Waals surface area contributed by atoms with Gasteiger partial charge in [-0.1, -0.05) is 0 Å². The molecule has 0 rings (SSSR count). The first-order valence-electron chi connectivity index (χ1n) is 1.55. The summed E-state index contributed by atoms with van der Waals surface area (Å²) >= 11 is 0. The Morgan fingerprint density at radius 3 is 1.86 bits per heavy atom. The average Bonchev–Trinajstić information content (AvgIpc) is 1.36. The molecular weight excluding hydrogens is 124 g/mol. The van der Waals surface area contributed by atoms with Crippen LogP contribution in [0.4, 0.5) is 0 Å². The summed E-state index contributed by atoms with van der Waals surface area (Å²) in [6.07, 6.45) is -1.23. The van der Waals surface area contributed by atoms with Gasteiger partial charge in [-0.05, 0) is 6.92 Å². The molecule has 0 bridgehead atoms. The van der Waals surface area contributed by atoms with Crippen LogP contribution in [0.15, 0.2) is 0 Å². The third-order valence-electron chi connectivity index (χ3n) is 0.357. The third kappa shape index (κ3) is 6.69. The van der Waals surface area contributed by atoms with Crippen molar-refractivity contribution in [3.63, 3.8) is 0 Å². The van der Waals surface area contributed by atoms with Crippen LogP contribution in [0.5, 0.6) is 0 Å². The molecule has 0 aromatic rings. The van der Waals surface area contributed by atoms with Crippen LogP contribution in [0.1, 0.15) is 6.92 Å². The van der Waals surface area contributed by atoms with E-state index in [9.17, 15) is 4.79 Å². The van der Waals surface area contributed by atoms with Crippen LogP contribution in [0.25, 0.3) is 0 Å². The maximum Gasteiger partial charge on any atom is 0.332 e. The van der Waals surface area contributed by atoms with Gasteiger partial charge in [0.1, 0.15) is 6.10 Å². The van der Waals surface area contributed by atoms with Gasteiger partial charge < -0.3 is 10.2 Å². The van der Waals surface area contributed by atoms with Crippen LogP contribution >= 0.6 is 0 Å². The summed E-state index contributed by atoms with van der Waals surface area (Å²) in [5, 5.41) is 15.8. The third-order valence-corrected chi connectivity index (χ3v) is 0.357. The molecule has 0 saturated heterocycles. The van der Waals surface area contributed by atoms with Crippen molar-refractivity contribution < 1.29 is 15.0 Å². The van der Waals surface area contributed by atoms with Crippen LogP contribution in [0.3, 0.4) is 0 Å². The Morgan fingerprint density at radius 1 is 1.71 bits per heavy atom. The molecular formula is C3H6CaO3. The van der Waals surface area contributed by atoms with Gasteiger partial charge in [0.2, 0.25) is 0 Å². The molecule has 0 aliphatic heterocycles. The molecule has 0 saturated carbocycles. The zero-order valence-corrected chi connectivity index (χ0v) is 6.30. The van der Waals surface area contributed by atoms with E-state index in [1.54, 1.807) is 0 Å². The van der Waals surface area contributed by atoms with Crippen LogP contribution < -0.4 is 0 Å². The van der Waals surface area contributed by atoms with E-state index in [0.29, 0.717) is 0 Å². The van der Waals surface area contributed by atoms with E-state index >= 15 is 0 Å². The molecule has 0 fully saturated rings. The maximum absolute atomic E-state index is 9.45. The van der Waals surface area contributed by atoms with E-state index < -0.39 is 12.1 Å². The molecule has 3 nitrogen and oxygen atoms in total. The first-order chi connectivity index (χ1) is 2.64. The molecule has 0 spiro atoms. The van der Waals surface area contributed by atoms with Crippen molar-refractivity contribution in [2.75, 3.05) is 0 Å². The van der Waals surface area contributed by atoms with E-state index in [-0.39, 0.29) is 37.7 Å². The van der Waals surface area contributed by atoms with Crippen LogP contribution in [0, 0.1) is 0 Å². The number of hydrogen-bond acceptors (Lipinski definition) is 2. The van der Waals surface area contributed by atoms with Crippen molar-refractivity contribution in [1.29, 1.82) is 0 Å². The molecule has 0 aliphatic carbocycles. The SMILES string of the molecule is C[C@@H](O)C(=O)O.[Ca]. The number of aliphatic hydroxyl groups excluding tert-OH is 1. The number of carboxylic acid groups (broad SMARTS) is 1. The van der Waals surface area contributed by atoms with E-state index in [1.807, 2.05) is 0 Å². The second kappa shape index (κ2) is 4.84. The Hall–Kier alpha value is 0.690. The Kier molecular flexibility index (Phi) is 7.35. The van der Waals surface area contributed by atoms with Crippen LogP contribution in [-0.2, 0) is 4.79 Å². The van der Waals surface area contributed by atoms with Crippen molar-refractivity contribution in [1.82, 2.24) is 0 Å². The topological polar surface area (TPSA) is 57.5 Å². The summed E-state index contributed by atoms with van der Waals surface area (Å²) in [7, 11) is 0. The molecule has 0 aromatic heterocycles. The first kappa shape index (κ1) is 10.6. The van der Waals surface area contributed by atoms with Crippen molar-refractivity contribution in [3.05, 3.63) is 0 Å². The van der Waals surface area contributed by atoms with E-state index in [4.69, 9.17) is 10.2 Å². The number of hydrogen-bond donors (Lipinski definition) is 2. The van der Waals surface area contributed by atoms with Crippen molar-refractivity contribution in [2.24, 2.45) is 0 Å². The summed E-state index contributed by atoms with van der Waals surface area (Å²) < 4.78 is 0. The summed E-state index contributed by atoms with van der Waals surface area (Å²) in [5.74, 6) is -1.19. The zero-order valence-electron chi connectivity index (χ0n) is 4.09. The van der Waals surface area contributed by atoms with Crippen molar-refractivity contribution in [3.8, 4) is 0 Å². The van der Waals surface area contributed by atoms with Gasteiger partial charge in [-0.2, -0.15) is 0 Å². The Balaban J connectivity index is 0. The summed E-state index contributed by atoms with van der Waals surface area (Å²) in [5.41, 5.74) is 0. The number of aliphatic carboxylic acids is 1. The van der Waals surface area contributed by atoms with Crippen molar-refractivity contribution >= 4 is 43.7 Å². The van der Waals surface area contributed by atoms with Crippen LogP contribution in [-0.4, -0.2) is 60.0 Å². The van der Waals surface area contributed by atoms with Gasteiger partial charge in [-0.15, -0.1) is 0 Å². The number of aliphatic hydroxyl groups is 1. The fourth-order valence-electron chi connectivity index (χ4n) is 0. The predicted molar refractivity (Wildman–Crippen MR) is 25.1 cm³/mol. The number of rotatable bonds is 1. The molecule has 4 heteroatoms. The van der Waals surface area contributed by atoms with Gasteiger partial charge in [-0.25, -0.2) is 4.79 Å². The molecule has 0 amide bonds. The smallest absolute Gasteiger partial charge is 0.332 e. The largest absolute Gasteiger partial charge is 0.479 e. The zero-order chi connectivity index (χ0) is 5.15. The summed E-state index contributed by atoms with van der Waals surface area (Å²) in [6, 6.07) is 0. The second-order valence-electron chi connectivity index (χ2n) is 1.01. The Bertz CT molecular complexity index is 61.2. The number of carboxylic acids is 1. The van der Waals surface area contributed by atoms with E-state index in [0.717, 1.165) is 0 Å². The second-order valence-corrected chi connectivity index (χ2v) is 1.01. The monoisotopic (exact) mass is 130 g/mol.